The lowest BCUT2D eigenvalue weighted by atomic mass is 10.1. The molecule has 0 fully saturated rings. The van der Waals surface area contributed by atoms with Crippen LogP contribution in [0.15, 0.2) is 24.3 Å². The van der Waals surface area contributed by atoms with Gasteiger partial charge >= 0.3 is 0 Å². The van der Waals surface area contributed by atoms with E-state index in [1.54, 1.807) is 11.6 Å². The lowest BCUT2D eigenvalue weighted by Crippen LogP contribution is -2.20. The van der Waals surface area contributed by atoms with E-state index >= 15 is 0 Å². The molecule has 0 saturated heterocycles. The number of hydroxylamine groups is 1. The van der Waals surface area contributed by atoms with Gasteiger partial charge in [-0.3, -0.25) is 10.0 Å². The van der Waals surface area contributed by atoms with E-state index in [9.17, 15) is 4.79 Å². The number of amides is 1. The van der Waals surface area contributed by atoms with Gasteiger partial charge in [0.2, 0.25) is 0 Å². The number of likely N-dealkylation sites (N-methyl/N-ethyl adjacent to an activating group) is 1. The first-order valence-corrected chi connectivity index (χ1v) is 8.37. The molecule has 0 aliphatic carbocycles. The Morgan fingerprint density at radius 2 is 2.21 bits per heavy atom. The maximum atomic E-state index is 11.1. The molecule has 6 nitrogen and oxygen atoms in total. The lowest BCUT2D eigenvalue weighted by molar-refractivity contribution is -0.124. The Hall–Kier alpha value is -2.18. The van der Waals surface area contributed by atoms with Crippen LogP contribution in [0, 0.1) is 5.92 Å². The predicted molar refractivity (Wildman–Crippen MR) is 95.8 cm³/mol. The highest BCUT2D eigenvalue weighted by molar-refractivity contribution is 5.91. The van der Waals surface area contributed by atoms with Crippen molar-refractivity contribution in [1.82, 2.24) is 20.3 Å². The minimum Gasteiger partial charge on any atom is -0.327 e. The molecule has 0 aliphatic rings. The third-order valence-corrected chi connectivity index (χ3v) is 3.74. The second-order valence-corrected chi connectivity index (χ2v) is 6.19. The SMILES string of the molecule is CCNCCn1c(CC(C)C)nc2cc(C=CC(=O)NO)ccc21. The second kappa shape index (κ2) is 8.61. The molecule has 0 unspecified atom stereocenters. The van der Waals surface area contributed by atoms with Gasteiger partial charge in [-0.15, -0.1) is 0 Å². The van der Waals surface area contributed by atoms with Crippen molar-refractivity contribution < 1.29 is 10.0 Å². The van der Waals surface area contributed by atoms with Gasteiger partial charge in [-0.05, 0) is 36.2 Å². The van der Waals surface area contributed by atoms with E-state index in [0.717, 1.165) is 48.5 Å². The zero-order valence-corrected chi connectivity index (χ0v) is 14.5. The summed E-state index contributed by atoms with van der Waals surface area (Å²) in [6.07, 6.45) is 3.88. The fraction of sp³-hybridized carbons (Fsp3) is 0.444. The number of benzene rings is 1. The summed E-state index contributed by atoms with van der Waals surface area (Å²) in [6, 6.07) is 5.95. The molecule has 0 radical (unpaired) electrons. The van der Waals surface area contributed by atoms with Crippen molar-refractivity contribution in [3.8, 4) is 0 Å². The maximum Gasteiger partial charge on any atom is 0.267 e. The van der Waals surface area contributed by atoms with Crippen LogP contribution in [0.25, 0.3) is 17.1 Å². The molecule has 3 N–H and O–H groups in total. The molecule has 1 aromatic heterocycles. The summed E-state index contributed by atoms with van der Waals surface area (Å²) in [5, 5.41) is 11.9. The zero-order chi connectivity index (χ0) is 17.5. The summed E-state index contributed by atoms with van der Waals surface area (Å²) < 4.78 is 2.27. The first kappa shape index (κ1) is 18.2. The van der Waals surface area contributed by atoms with E-state index < -0.39 is 5.91 Å². The number of nitrogens with zero attached hydrogens (tertiary/aromatic N) is 2. The molecule has 2 rings (SSSR count). The lowest BCUT2D eigenvalue weighted by Gasteiger charge is -2.11. The zero-order valence-electron chi connectivity index (χ0n) is 14.5. The number of carbonyl (C=O) groups excluding carboxylic acids is 1. The smallest absolute Gasteiger partial charge is 0.267 e. The van der Waals surface area contributed by atoms with Crippen LogP contribution in [0.3, 0.4) is 0 Å². The highest BCUT2D eigenvalue weighted by Crippen LogP contribution is 2.20. The summed E-state index contributed by atoms with van der Waals surface area (Å²) in [5.74, 6) is 1.08. The van der Waals surface area contributed by atoms with Gasteiger partial charge in [0.15, 0.2) is 0 Å². The van der Waals surface area contributed by atoms with Crippen LogP contribution >= 0.6 is 0 Å². The molecule has 24 heavy (non-hydrogen) atoms. The van der Waals surface area contributed by atoms with Crippen LogP contribution in [0.2, 0.25) is 0 Å². The van der Waals surface area contributed by atoms with E-state index in [1.165, 1.54) is 6.08 Å². The highest BCUT2D eigenvalue weighted by Gasteiger charge is 2.12. The molecular formula is C18H26N4O2. The average molecular weight is 330 g/mol. The molecule has 0 saturated carbocycles. The normalized spacial score (nSPS) is 11.7. The van der Waals surface area contributed by atoms with Crippen LogP contribution in [0.1, 0.15) is 32.2 Å². The number of aromatic nitrogens is 2. The van der Waals surface area contributed by atoms with Crippen molar-refractivity contribution in [1.29, 1.82) is 0 Å². The van der Waals surface area contributed by atoms with Gasteiger partial charge in [0.05, 0.1) is 11.0 Å². The molecule has 1 amide bonds. The molecule has 130 valence electrons. The fourth-order valence-electron chi connectivity index (χ4n) is 2.65. The minimum absolute atomic E-state index is 0.535. The van der Waals surface area contributed by atoms with Gasteiger partial charge in [-0.2, -0.15) is 0 Å². The monoisotopic (exact) mass is 330 g/mol. The summed E-state index contributed by atoms with van der Waals surface area (Å²) >= 11 is 0. The number of carbonyl (C=O) groups is 1. The van der Waals surface area contributed by atoms with Gasteiger partial charge in [0.1, 0.15) is 5.82 Å². The Bertz CT molecular complexity index is 719. The molecule has 0 aliphatic heterocycles. The minimum atomic E-state index is -0.549. The quantitative estimate of drug-likeness (QED) is 0.300. The van der Waals surface area contributed by atoms with Crippen molar-refractivity contribution in [2.75, 3.05) is 13.1 Å². The Balaban J connectivity index is 2.34. The molecule has 1 heterocycles. The largest absolute Gasteiger partial charge is 0.327 e. The van der Waals surface area contributed by atoms with Crippen LogP contribution < -0.4 is 10.8 Å². The summed E-state index contributed by atoms with van der Waals surface area (Å²) in [4.78, 5) is 15.9. The van der Waals surface area contributed by atoms with Crippen LogP contribution in [0.4, 0.5) is 0 Å². The molecule has 0 bridgehead atoms. The van der Waals surface area contributed by atoms with Crippen molar-refractivity contribution in [2.24, 2.45) is 5.92 Å². The van der Waals surface area contributed by atoms with Crippen molar-refractivity contribution in [3.63, 3.8) is 0 Å². The van der Waals surface area contributed by atoms with Crippen LogP contribution in [-0.2, 0) is 17.8 Å². The van der Waals surface area contributed by atoms with Gasteiger partial charge in [0.25, 0.3) is 5.91 Å². The average Bonchev–Trinajstić information content (AvgIpc) is 2.88. The standard InChI is InChI=1S/C18H26N4O2/c1-4-19-9-10-22-16-7-5-14(6-8-18(23)21-24)12-15(16)20-17(22)11-13(2)3/h5-8,12-13,19,24H,4,9-11H2,1-3H3,(H,21,23). The van der Waals surface area contributed by atoms with Crippen molar-refractivity contribution >= 4 is 23.0 Å². The number of rotatable bonds is 8. The van der Waals surface area contributed by atoms with Gasteiger partial charge in [-0.25, -0.2) is 10.5 Å². The first-order valence-electron chi connectivity index (χ1n) is 8.37. The van der Waals surface area contributed by atoms with Crippen LogP contribution in [-0.4, -0.2) is 33.8 Å². The van der Waals surface area contributed by atoms with Gasteiger partial charge < -0.3 is 9.88 Å². The number of hydrogen-bond donors (Lipinski definition) is 3. The number of imidazole rings is 1. The topological polar surface area (TPSA) is 79.2 Å². The van der Waals surface area contributed by atoms with Gasteiger partial charge in [-0.1, -0.05) is 26.8 Å². The number of nitrogens with one attached hydrogen (secondary N) is 2. The van der Waals surface area contributed by atoms with E-state index in [2.05, 4.69) is 30.7 Å². The third-order valence-electron chi connectivity index (χ3n) is 3.74. The molecule has 0 atom stereocenters. The Morgan fingerprint density at radius 3 is 2.88 bits per heavy atom. The second-order valence-electron chi connectivity index (χ2n) is 6.19. The van der Waals surface area contributed by atoms with Crippen molar-refractivity contribution in [3.05, 3.63) is 35.7 Å². The van der Waals surface area contributed by atoms with Crippen molar-refractivity contribution in [2.45, 2.75) is 33.7 Å². The Labute approximate surface area is 142 Å². The molecule has 0 spiro atoms. The summed E-state index contributed by atoms with van der Waals surface area (Å²) in [6.45, 7) is 9.22. The highest BCUT2D eigenvalue weighted by atomic mass is 16.5. The summed E-state index contributed by atoms with van der Waals surface area (Å²) in [5.41, 5.74) is 4.49. The van der Waals surface area contributed by atoms with E-state index in [0.29, 0.717) is 5.92 Å². The van der Waals surface area contributed by atoms with E-state index in [4.69, 9.17) is 10.2 Å². The third kappa shape index (κ3) is 4.66. The Morgan fingerprint density at radius 1 is 1.42 bits per heavy atom. The van der Waals surface area contributed by atoms with Crippen LogP contribution in [0.5, 0.6) is 0 Å². The summed E-state index contributed by atoms with van der Waals surface area (Å²) in [7, 11) is 0. The first-order chi connectivity index (χ1) is 11.5. The molecule has 1 aromatic carbocycles. The Kier molecular flexibility index (Phi) is 6.52. The van der Waals surface area contributed by atoms with E-state index in [1.807, 2.05) is 18.2 Å². The number of fused-ring (bicyclic) bond motifs is 1. The maximum absolute atomic E-state index is 11.1. The fourth-order valence-corrected chi connectivity index (χ4v) is 2.65. The van der Waals surface area contributed by atoms with E-state index in [-0.39, 0.29) is 0 Å². The predicted octanol–water partition coefficient (Wildman–Crippen LogP) is 2.36. The molecule has 6 heteroatoms. The molecule has 2 aromatic rings. The van der Waals surface area contributed by atoms with Gasteiger partial charge in [0, 0.05) is 25.6 Å². The molecular weight excluding hydrogens is 304 g/mol. The number of hydrogen-bond acceptors (Lipinski definition) is 4.